The molecule has 1 N–H and O–H groups in total. The molecule has 4 fully saturated rings. The van der Waals surface area contributed by atoms with Crippen molar-refractivity contribution in [2.24, 2.45) is 29.6 Å². The summed E-state index contributed by atoms with van der Waals surface area (Å²) < 4.78 is 56.8. The van der Waals surface area contributed by atoms with Crippen LogP contribution in [0.25, 0.3) is 0 Å². The summed E-state index contributed by atoms with van der Waals surface area (Å²) >= 11 is 0. The number of ketones is 1. The zero-order valence-corrected chi connectivity index (χ0v) is 37.2. The molecular weight excluding hydrogens is 754 g/mol. The molecule has 18 atom stereocenters. The first-order chi connectivity index (χ1) is 27.0. The minimum Gasteiger partial charge on any atom is -0.458 e. The van der Waals surface area contributed by atoms with E-state index in [0.29, 0.717) is 12.8 Å². The lowest BCUT2D eigenvalue weighted by Gasteiger charge is -2.50. The second-order valence-electron chi connectivity index (χ2n) is 18.0. The van der Waals surface area contributed by atoms with E-state index in [-0.39, 0.29) is 37.2 Å². The third kappa shape index (κ3) is 9.83. The first-order valence-electron chi connectivity index (χ1n) is 20.9. The number of hydrogen-bond acceptors (Lipinski definition) is 15. The van der Waals surface area contributed by atoms with E-state index in [1.165, 1.54) is 14.2 Å². The zero-order valence-electron chi connectivity index (χ0n) is 37.2. The topological polar surface area (TPSA) is 175 Å². The Morgan fingerprint density at radius 1 is 0.931 bits per heavy atom. The highest BCUT2D eigenvalue weighted by Crippen LogP contribution is 2.46. The molecule has 1 unspecified atom stereocenters. The van der Waals surface area contributed by atoms with E-state index < -0.39 is 114 Å². The third-order valence-corrected chi connectivity index (χ3v) is 13.6. The number of likely N-dealkylation sites (N-methyl/N-ethyl adjacent to an activating group) is 1. The summed E-state index contributed by atoms with van der Waals surface area (Å²) in [5, 5.41) is 11.7. The number of aliphatic hydroxyl groups is 1. The molecule has 4 heterocycles. The predicted molar refractivity (Wildman–Crippen MR) is 211 cm³/mol. The number of methoxy groups -OCH3 is 2. The van der Waals surface area contributed by atoms with Gasteiger partial charge in [0.1, 0.15) is 29.2 Å². The van der Waals surface area contributed by atoms with Crippen LogP contribution in [0.5, 0.6) is 0 Å². The Labute approximate surface area is 345 Å². The molecule has 0 spiro atoms. The van der Waals surface area contributed by atoms with Crippen LogP contribution in [0.15, 0.2) is 12.7 Å². The minimum atomic E-state index is -1.27. The Hall–Kier alpha value is -2.50. The van der Waals surface area contributed by atoms with Gasteiger partial charge < -0.3 is 52.6 Å². The summed E-state index contributed by atoms with van der Waals surface area (Å²) in [6.45, 7) is 21.6. The molecule has 15 nitrogen and oxygen atoms in total. The van der Waals surface area contributed by atoms with E-state index in [0.717, 1.165) is 6.08 Å². The molecular formula is C43H71NO14. The molecule has 4 aliphatic heterocycles. The summed E-state index contributed by atoms with van der Waals surface area (Å²) in [5.41, 5.74) is -3.57. The Morgan fingerprint density at radius 2 is 1.55 bits per heavy atom. The van der Waals surface area contributed by atoms with E-state index in [1.807, 2.05) is 53.6 Å². The van der Waals surface area contributed by atoms with Crippen LogP contribution < -0.4 is 0 Å². The van der Waals surface area contributed by atoms with Crippen LogP contribution in [-0.4, -0.2) is 140 Å². The molecule has 0 amide bonds. The van der Waals surface area contributed by atoms with Crippen LogP contribution >= 0.6 is 0 Å². The second kappa shape index (κ2) is 19.0. The van der Waals surface area contributed by atoms with Crippen LogP contribution in [-0.2, 0) is 61.8 Å². The van der Waals surface area contributed by atoms with Gasteiger partial charge in [-0.3, -0.25) is 14.4 Å². The highest BCUT2D eigenvalue weighted by atomic mass is 16.7. The summed E-state index contributed by atoms with van der Waals surface area (Å²) in [4.78, 5) is 56.3. The van der Waals surface area contributed by atoms with E-state index in [9.17, 15) is 24.3 Å². The summed E-state index contributed by atoms with van der Waals surface area (Å²) in [6.07, 6.45) is -5.57. The maximum atomic E-state index is 14.6. The van der Waals surface area contributed by atoms with Crippen LogP contribution in [0, 0.1) is 29.6 Å². The summed E-state index contributed by atoms with van der Waals surface area (Å²) in [7, 11) is 6.82. The fourth-order valence-corrected chi connectivity index (χ4v) is 10.0. The van der Waals surface area contributed by atoms with Gasteiger partial charge in [0.2, 0.25) is 0 Å². The van der Waals surface area contributed by atoms with Crippen molar-refractivity contribution in [3.8, 4) is 0 Å². The van der Waals surface area contributed by atoms with Crippen molar-refractivity contribution in [3.05, 3.63) is 12.7 Å². The molecule has 4 aliphatic rings. The van der Waals surface area contributed by atoms with Crippen molar-refractivity contribution in [2.45, 2.75) is 179 Å². The van der Waals surface area contributed by atoms with Gasteiger partial charge in [-0.25, -0.2) is 4.79 Å². The number of fused-ring (bicyclic) bond motifs is 1. The Kier molecular flexibility index (Phi) is 15.8. The van der Waals surface area contributed by atoms with Crippen molar-refractivity contribution in [2.75, 3.05) is 28.3 Å². The van der Waals surface area contributed by atoms with Gasteiger partial charge in [0.25, 0.3) is 0 Å². The Morgan fingerprint density at radius 3 is 2.12 bits per heavy atom. The number of carbonyl (C=O) groups excluding carboxylic acids is 4. The van der Waals surface area contributed by atoms with E-state index in [1.54, 1.807) is 34.6 Å². The molecule has 0 bridgehead atoms. The number of ether oxygens (including phenoxy) is 9. The third-order valence-electron chi connectivity index (χ3n) is 13.6. The van der Waals surface area contributed by atoms with Crippen molar-refractivity contribution in [1.82, 2.24) is 4.90 Å². The number of esters is 3. The van der Waals surface area contributed by atoms with E-state index in [4.69, 9.17) is 42.6 Å². The molecule has 332 valence electrons. The average Bonchev–Trinajstić information content (AvgIpc) is 3.49. The van der Waals surface area contributed by atoms with Crippen LogP contribution in [0.1, 0.15) is 101 Å². The number of aliphatic hydroxyl groups excluding tert-OH is 1. The van der Waals surface area contributed by atoms with Gasteiger partial charge in [-0.05, 0) is 74.9 Å². The van der Waals surface area contributed by atoms with Gasteiger partial charge >= 0.3 is 17.9 Å². The minimum absolute atomic E-state index is 0.00348. The average molecular weight is 826 g/mol. The van der Waals surface area contributed by atoms with Gasteiger partial charge in [-0.1, -0.05) is 34.3 Å². The first kappa shape index (κ1) is 48.2. The van der Waals surface area contributed by atoms with Crippen molar-refractivity contribution >= 4 is 23.7 Å². The molecule has 0 radical (unpaired) electrons. The number of nitrogens with zero attached hydrogens (tertiary/aromatic N) is 1. The summed E-state index contributed by atoms with van der Waals surface area (Å²) in [6, 6.07) is -0.290. The fourth-order valence-electron chi connectivity index (χ4n) is 10.0. The number of cyclic esters (lactones) is 1. The second-order valence-corrected chi connectivity index (χ2v) is 18.0. The number of rotatable bonds is 10. The maximum Gasteiger partial charge on any atom is 0.330 e. The van der Waals surface area contributed by atoms with Crippen LogP contribution in [0.4, 0.5) is 0 Å². The zero-order chi connectivity index (χ0) is 43.7. The van der Waals surface area contributed by atoms with E-state index in [2.05, 4.69) is 6.58 Å². The molecule has 0 aromatic carbocycles. The monoisotopic (exact) mass is 825 g/mol. The van der Waals surface area contributed by atoms with Crippen molar-refractivity contribution < 1.29 is 66.9 Å². The fraction of sp³-hybridized carbons (Fsp3) is 0.860. The van der Waals surface area contributed by atoms with Crippen molar-refractivity contribution in [1.29, 1.82) is 0 Å². The Balaban J connectivity index is 1.87. The highest BCUT2D eigenvalue weighted by molar-refractivity contribution is 5.85. The van der Waals surface area contributed by atoms with E-state index >= 15 is 0 Å². The molecule has 0 saturated carbocycles. The molecule has 0 aromatic heterocycles. The number of carbonyl (C=O) groups is 4. The highest BCUT2D eigenvalue weighted by Gasteiger charge is 2.58. The van der Waals surface area contributed by atoms with Gasteiger partial charge in [0.05, 0.1) is 42.4 Å². The lowest BCUT2D eigenvalue weighted by Crippen LogP contribution is -2.61. The van der Waals surface area contributed by atoms with Gasteiger partial charge in [-0.2, -0.15) is 0 Å². The van der Waals surface area contributed by atoms with Gasteiger partial charge in [0, 0.05) is 56.4 Å². The maximum absolute atomic E-state index is 14.6. The molecule has 15 heteroatoms. The lowest BCUT2D eigenvalue weighted by atomic mass is 9.70. The van der Waals surface area contributed by atoms with Gasteiger partial charge in [-0.15, -0.1) is 0 Å². The normalized spacial score (nSPS) is 45.8. The quantitative estimate of drug-likeness (QED) is 0.187. The largest absolute Gasteiger partial charge is 0.458 e. The molecule has 58 heavy (non-hydrogen) atoms. The predicted octanol–water partition coefficient (Wildman–Crippen LogP) is 4.39. The standard InChI is InChI=1S/C43H71NO14/c1-16-30-43(11)28(19-32(46)58-43)24(5)34(47)22(3)20-41(9,50-14)37(57-40-35(48)29(44(12)13)18-23(4)52-40)25(6)36(26(7)39(49)54-30)56-33-21-42(10,51-15)38(27(8)53-33)55-31(45)17-2/h17,22-30,33,35-38,40,48H,2,16,18-21H2,1,3-15H3/t22-,23-,24-,25+,26-,27+,28-,29+,30-,33+,35-,36+,37-,38?,40+,41-,42-,43+/m1/s1. The number of Topliss-reactive ketones (excluding diaryl/α,β-unsaturated/α-hetero) is 1. The first-order valence-corrected chi connectivity index (χ1v) is 20.9. The van der Waals surface area contributed by atoms with Crippen molar-refractivity contribution in [3.63, 3.8) is 0 Å². The molecule has 0 aromatic rings. The van der Waals surface area contributed by atoms with Crippen LogP contribution in [0.2, 0.25) is 0 Å². The lowest BCUT2D eigenvalue weighted by molar-refractivity contribution is -0.319. The SMILES string of the molecule is C=CC(=O)OC1[C@H](C)O[C@@H](O[C@H]2[C@H](C)[C@@H](O[C@@H]3O[C@H](C)C[C@H](N(C)C)[C@H]3O)[C@](C)(OC)C[C@@H](C)C(=O)[C@H](C)[C@H]3CC(=O)O[C@]3(C)[C@@H](CC)OC(=O)[C@@H]2C)C[C@@]1(C)OC. The molecule has 4 rings (SSSR count). The van der Waals surface area contributed by atoms with Crippen LogP contribution in [0.3, 0.4) is 0 Å². The van der Waals surface area contributed by atoms with Gasteiger partial charge in [0.15, 0.2) is 18.7 Å². The Bertz CT molecular complexity index is 1480. The number of hydrogen-bond donors (Lipinski definition) is 1. The summed E-state index contributed by atoms with van der Waals surface area (Å²) in [5.74, 6) is -5.32. The smallest absolute Gasteiger partial charge is 0.330 e. The molecule has 0 aliphatic carbocycles. The molecule has 4 saturated heterocycles.